The summed E-state index contributed by atoms with van der Waals surface area (Å²) >= 11 is 0. The van der Waals surface area contributed by atoms with Gasteiger partial charge in [0.25, 0.3) is 0 Å². The van der Waals surface area contributed by atoms with Crippen molar-refractivity contribution in [2.45, 2.75) is 45.6 Å². The maximum absolute atomic E-state index is 13.0. The summed E-state index contributed by atoms with van der Waals surface area (Å²) in [5, 5.41) is 0.923. The maximum Gasteiger partial charge on any atom is 0.227 e. The molecule has 0 N–H and O–H groups in total. The predicted octanol–water partition coefficient (Wildman–Crippen LogP) is 4.18. The van der Waals surface area contributed by atoms with Gasteiger partial charge < -0.3 is 28.9 Å². The van der Waals surface area contributed by atoms with Gasteiger partial charge in [0.15, 0.2) is 11.5 Å². The first kappa shape index (κ1) is 28.0. The first-order chi connectivity index (χ1) is 19.5. The molecule has 0 atom stereocenters. The molecule has 2 aliphatic heterocycles. The molecule has 5 rings (SSSR count). The van der Waals surface area contributed by atoms with Crippen LogP contribution in [0.15, 0.2) is 42.7 Å². The molecule has 0 bridgehead atoms. The second kappa shape index (κ2) is 13.2. The number of fused-ring (bicyclic) bond motifs is 1. The molecule has 214 valence electrons. The van der Waals surface area contributed by atoms with Gasteiger partial charge in [0.2, 0.25) is 5.91 Å². The van der Waals surface area contributed by atoms with Crippen molar-refractivity contribution in [3.05, 3.63) is 48.3 Å². The van der Waals surface area contributed by atoms with Crippen LogP contribution < -0.4 is 19.1 Å². The second-order valence-corrected chi connectivity index (χ2v) is 10.8. The monoisotopic (exact) mass is 547 g/mol. The van der Waals surface area contributed by atoms with E-state index in [-0.39, 0.29) is 12.0 Å². The minimum absolute atomic E-state index is 0.127. The van der Waals surface area contributed by atoms with E-state index in [9.17, 15) is 4.79 Å². The largest absolute Gasteiger partial charge is 0.493 e. The quantitative estimate of drug-likeness (QED) is 0.331. The third-order valence-electron chi connectivity index (χ3n) is 7.56. The molecular formula is C31H41N5O4. The van der Waals surface area contributed by atoms with Gasteiger partial charge in [-0.1, -0.05) is 12.1 Å². The molecule has 2 saturated heterocycles. The van der Waals surface area contributed by atoms with Gasteiger partial charge in [0.05, 0.1) is 31.8 Å². The average molecular weight is 548 g/mol. The van der Waals surface area contributed by atoms with E-state index in [1.54, 1.807) is 13.4 Å². The van der Waals surface area contributed by atoms with Gasteiger partial charge in [-0.05, 0) is 70.0 Å². The van der Waals surface area contributed by atoms with Crippen molar-refractivity contribution < 1.29 is 19.0 Å². The molecule has 3 heterocycles. The first-order valence-corrected chi connectivity index (χ1v) is 14.5. The Bertz CT molecular complexity index is 1270. The Morgan fingerprint density at radius 3 is 2.40 bits per heavy atom. The first-order valence-electron chi connectivity index (χ1n) is 14.5. The molecule has 0 aliphatic carbocycles. The van der Waals surface area contributed by atoms with Crippen LogP contribution in [0.4, 0.5) is 5.82 Å². The summed E-state index contributed by atoms with van der Waals surface area (Å²) in [6, 6.07) is 11.7. The van der Waals surface area contributed by atoms with Crippen molar-refractivity contribution in [2.24, 2.45) is 0 Å². The predicted molar refractivity (Wildman–Crippen MR) is 157 cm³/mol. The van der Waals surface area contributed by atoms with E-state index in [0.717, 1.165) is 41.0 Å². The number of anilines is 1. The Kier molecular flexibility index (Phi) is 9.21. The van der Waals surface area contributed by atoms with Gasteiger partial charge in [-0.25, -0.2) is 9.97 Å². The van der Waals surface area contributed by atoms with Crippen molar-refractivity contribution in [3.8, 4) is 17.2 Å². The molecule has 3 aromatic rings. The van der Waals surface area contributed by atoms with Gasteiger partial charge in [-0.3, -0.25) is 4.79 Å². The third kappa shape index (κ3) is 6.94. The van der Waals surface area contributed by atoms with Gasteiger partial charge in [-0.2, -0.15) is 0 Å². The topological polar surface area (TPSA) is 80.3 Å². The standard InChI is InChI=1S/C31H41N5O4/c1-23(2)40-25-9-7-24(8-10-25)19-30(37)35-14-16-36(17-15-35)31-26-20-28(38-3)29(21-27(26)32-22-33-31)39-18-6-13-34-11-4-5-12-34/h7-10,20-23H,4-6,11-19H2,1-3H3. The summed E-state index contributed by atoms with van der Waals surface area (Å²) in [5.74, 6) is 3.21. The molecule has 2 aliphatic rings. The lowest BCUT2D eigenvalue weighted by atomic mass is 10.1. The highest BCUT2D eigenvalue weighted by Gasteiger charge is 2.24. The second-order valence-electron chi connectivity index (χ2n) is 10.8. The number of aromatic nitrogens is 2. The van der Waals surface area contributed by atoms with E-state index < -0.39 is 0 Å². The summed E-state index contributed by atoms with van der Waals surface area (Å²) in [7, 11) is 1.66. The number of hydrogen-bond acceptors (Lipinski definition) is 8. The molecule has 2 fully saturated rings. The number of rotatable bonds is 11. The normalized spacial score (nSPS) is 16.1. The van der Waals surface area contributed by atoms with Gasteiger partial charge >= 0.3 is 0 Å². The summed E-state index contributed by atoms with van der Waals surface area (Å²) in [6.07, 6.45) is 5.70. The lowest BCUT2D eigenvalue weighted by molar-refractivity contribution is -0.130. The van der Waals surface area contributed by atoms with Crippen molar-refractivity contribution in [2.75, 3.05) is 64.4 Å². The zero-order valence-corrected chi connectivity index (χ0v) is 24.0. The van der Waals surface area contributed by atoms with E-state index >= 15 is 0 Å². The number of carbonyl (C=O) groups excluding carboxylic acids is 1. The highest BCUT2D eigenvalue weighted by Crippen LogP contribution is 2.35. The van der Waals surface area contributed by atoms with E-state index in [4.69, 9.17) is 14.2 Å². The fourth-order valence-corrected chi connectivity index (χ4v) is 5.46. The summed E-state index contributed by atoms with van der Waals surface area (Å²) in [5.41, 5.74) is 1.82. The van der Waals surface area contributed by atoms with E-state index in [0.29, 0.717) is 50.7 Å². The molecule has 1 amide bonds. The van der Waals surface area contributed by atoms with E-state index in [1.165, 1.54) is 25.9 Å². The van der Waals surface area contributed by atoms with E-state index in [2.05, 4.69) is 19.8 Å². The Morgan fingerprint density at radius 2 is 1.70 bits per heavy atom. The van der Waals surface area contributed by atoms with Crippen LogP contribution >= 0.6 is 0 Å². The Morgan fingerprint density at radius 1 is 0.950 bits per heavy atom. The molecule has 2 aromatic carbocycles. The molecule has 0 unspecified atom stereocenters. The van der Waals surface area contributed by atoms with Crippen LogP contribution in [-0.2, 0) is 11.2 Å². The van der Waals surface area contributed by atoms with Gasteiger partial charge in [-0.15, -0.1) is 0 Å². The zero-order chi connectivity index (χ0) is 27.9. The number of methoxy groups -OCH3 is 1. The number of hydrogen-bond donors (Lipinski definition) is 0. The molecule has 1 aromatic heterocycles. The van der Waals surface area contributed by atoms with Crippen LogP contribution in [-0.4, -0.2) is 91.3 Å². The number of likely N-dealkylation sites (tertiary alicyclic amines) is 1. The SMILES string of the molecule is COc1cc2c(N3CCN(C(=O)Cc4ccc(OC(C)C)cc4)CC3)ncnc2cc1OCCCN1CCCC1. The van der Waals surface area contributed by atoms with Crippen LogP contribution in [0.2, 0.25) is 0 Å². The van der Waals surface area contributed by atoms with Crippen LogP contribution in [0.3, 0.4) is 0 Å². The Balaban J connectivity index is 1.18. The third-order valence-corrected chi connectivity index (χ3v) is 7.56. The minimum Gasteiger partial charge on any atom is -0.493 e. The Labute approximate surface area is 237 Å². The Hall–Kier alpha value is -3.59. The number of benzene rings is 2. The zero-order valence-electron chi connectivity index (χ0n) is 24.0. The fourth-order valence-electron chi connectivity index (χ4n) is 5.46. The number of nitrogens with zero attached hydrogens (tertiary/aromatic N) is 5. The molecular weight excluding hydrogens is 506 g/mol. The molecule has 9 heteroatoms. The average Bonchev–Trinajstić information content (AvgIpc) is 3.49. The lowest BCUT2D eigenvalue weighted by Gasteiger charge is -2.36. The summed E-state index contributed by atoms with van der Waals surface area (Å²) in [6.45, 7) is 10.8. The summed E-state index contributed by atoms with van der Waals surface area (Å²) < 4.78 is 17.5. The van der Waals surface area contributed by atoms with Gasteiger partial charge in [0, 0.05) is 44.2 Å². The minimum atomic E-state index is 0.127. The van der Waals surface area contributed by atoms with Crippen molar-refractivity contribution >= 4 is 22.6 Å². The van der Waals surface area contributed by atoms with Crippen molar-refractivity contribution in [1.82, 2.24) is 19.8 Å². The fraction of sp³-hybridized carbons (Fsp3) is 0.516. The van der Waals surface area contributed by atoms with Crippen LogP contribution in [0.25, 0.3) is 10.9 Å². The number of carbonyl (C=O) groups is 1. The molecule has 0 radical (unpaired) electrons. The smallest absolute Gasteiger partial charge is 0.227 e. The number of ether oxygens (including phenoxy) is 3. The van der Waals surface area contributed by atoms with Crippen molar-refractivity contribution in [1.29, 1.82) is 0 Å². The maximum atomic E-state index is 13.0. The van der Waals surface area contributed by atoms with Crippen LogP contribution in [0.1, 0.15) is 38.7 Å². The molecule has 9 nitrogen and oxygen atoms in total. The van der Waals surface area contributed by atoms with Crippen LogP contribution in [0.5, 0.6) is 17.2 Å². The highest BCUT2D eigenvalue weighted by molar-refractivity contribution is 5.92. The lowest BCUT2D eigenvalue weighted by Crippen LogP contribution is -2.49. The van der Waals surface area contributed by atoms with E-state index in [1.807, 2.05) is 55.1 Å². The van der Waals surface area contributed by atoms with Gasteiger partial charge in [0.1, 0.15) is 17.9 Å². The molecule has 40 heavy (non-hydrogen) atoms. The highest BCUT2D eigenvalue weighted by atomic mass is 16.5. The van der Waals surface area contributed by atoms with Crippen molar-refractivity contribution in [3.63, 3.8) is 0 Å². The molecule has 0 spiro atoms. The number of piperazine rings is 1. The summed E-state index contributed by atoms with van der Waals surface area (Å²) in [4.78, 5) is 28.8. The number of amides is 1. The van der Waals surface area contributed by atoms with Crippen LogP contribution in [0, 0.1) is 0 Å². The molecule has 0 saturated carbocycles.